The van der Waals surface area contributed by atoms with Crippen LogP contribution in [-0.2, 0) is 20.7 Å². The third-order valence-corrected chi connectivity index (χ3v) is 4.80. The Morgan fingerprint density at radius 3 is 2.76 bits per heavy atom. The van der Waals surface area contributed by atoms with E-state index in [2.05, 4.69) is 21.2 Å². The van der Waals surface area contributed by atoms with E-state index in [4.69, 9.17) is 21.1 Å². The Hall–Kier alpha value is -4.00. The number of nitrogens with one attached hydrogen (secondary N) is 2. The maximum absolute atomic E-state index is 12.5. The lowest BCUT2D eigenvalue weighted by molar-refractivity contribution is -0.131. The first kappa shape index (κ1) is 23.7. The second kappa shape index (κ2) is 11.6. The Balaban J connectivity index is 1.94. The summed E-state index contributed by atoms with van der Waals surface area (Å²) in [6, 6.07) is 10.9. The standard InChI is InChI=1S/C24H24N4O5/c1-3-16-5-4-6-18(11-16)27-24-20-13-17(12-19(29)7-8-23(30)28-31)22(33-10-9-32-2)14-21(20)25-15-26-24/h1,4-6,11,13-15,31H,7-10,12H2,2H3,(H,28,30)(H,25,26,27). The van der Waals surface area contributed by atoms with Gasteiger partial charge < -0.3 is 14.8 Å². The van der Waals surface area contributed by atoms with Crippen molar-refractivity contribution in [3.63, 3.8) is 0 Å². The van der Waals surface area contributed by atoms with E-state index in [1.165, 1.54) is 11.8 Å². The van der Waals surface area contributed by atoms with Crippen LogP contribution in [0.3, 0.4) is 0 Å². The van der Waals surface area contributed by atoms with Crippen LogP contribution in [0.2, 0.25) is 0 Å². The van der Waals surface area contributed by atoms with Gasteiger partial charge in [-0.25, -0.2) is 15.4 Å². The predicted molar refractivity (Wildman–Crippen MR) is 122 cm³/mol. The van der Waals surface area contributed by atoms with Gasteiger partial charge in [0, 0.05) is 54.6 Å². The van der Waals surface area contributed by atoms with E-state index in [0.717, 1.165) is 11.3 Å². The third kappa shape index (κ3) is 6.49. The number of Topliss-reactive ketones (excluding diaryl/α,β-unsaturated/α-hetero) is 1. The maximum atomic E-state index is 12.5. The molecule has 2 aromatic carbocycles. The number of hydrogen-bond donors (Lipinski definition) is 3. The molecule has 0 saturated carbocycles. The van der Waals surface area contributed by atoms with E-state index in [0.29, 0.717) is 41.2 Å². The lowest BCUT2D eigenvalue weighted by Gasteiger charge is -2.14. The number of hydrogen-bond acceptors (Lipinski definition) is 8. The van der Waals surface area contributed by atoms with Crippen LogP contribution in [0.4, 0.5) is 11.5 Å². The van der Waals surface area contributed by atoms with Gasteiger partial charge in [0.2, 0.25) is 5.91 Å². The zero-order chi connectivity index (χ0) is 23.6. The third-order valence-electron chi connectivity index (χ3n) is 4.80. The van der Waals surface area contributed by atoms with Crippen LogP contribution in [0.5, 0.6) is 5.75 Å². The van der Waals surface area contributed by atoms with Crippen LogP contribution in [0, 0.1) is 12.3 Å². The summed E-state index contributed by atoms with van der Waals surface area (Å²) in [5.41, 5.74) is 4.27. The Labute approximate surface area is 191 Å². The molecule has 0 unspecified atom stereocenters. The van der Waals surface area contributed by atoms with E-state index >= 15 is 0 Å². The molecule has 0 aliphatic carbocycles. The first-order valence-corrected chi connectivity index (χ1v) is 10.2. The van der Waals surface area contributed by atoms with E-state index in [-0.39, 0.29) is 25.0 Å². The number of ether oxygens (including phenoxy) is 2. The minimum Gasteiger partial charge on any atom is -0.491 e. The molecule has 3 rings (SSSR count). The Morgan fingerprint density at radius 1 is 1.15 bits per heavy atom. The summed E-state index contributed by atoms with van der Waals surface area (Å²) >= 11 is 0. The number of ketones is 1. The molecule has 0 atom stereocenters. The number of fused-ring (bicyclic) bond motifs is 1. The van der Waals surface area contributed by atoms with Crippen molar-refractivity contribution in [2.24, 2.45) is 0 Å². The SMILES string of the molecule is C#Cc1cccc(Nc2ncnc3cc(OCCOC)c(CC(=O)CCC(=O)NO)cc23)c1. The van der Waals surface area contributed by atoms with E-state index < -0.39 is 5.91 Å². The van der Waals surface area contributed by atoms with E-state index in [9.17, 15) is 9.59 Å². The van der Waals surface area contributed by atoms with Crippen LogP contribution in [0.1, 0.15) is 24.0 Å². The fraction of sp³-hybridized carbons (Fsp3) is 0.250. The Bertz CT molecular complexity index is 1190. The van der Waals surface area contributed by atoms with Crippen molar-refractivity contribution < 1.29 is 24.3 Å². The van der Waals surface area contributed by atoms with Crippen LogP contribution < -0.4 is 15.5 Å². The lowest BCUT2D eigenvalue weighted by atomic mass is 10.0. The summed E-state index contributed by atoms with van der Waals surface area (Å²) in [5, 5.41) is 12.6. The van der Waals surface area contributed by atoms with Gasteiger partial charge >= 0.3 is 0 Å². The van der Waals surface area contributed by atoms with Gasteiger partial charge in [-0.15, -0.1) is 6.42 Å². The number of amides is 1. The highest BCUT2D eigenvalue weighted by atomic mass is 16.5. The van der Waals surface area contributed by atoms with Crippen molar-refractivity contribution in [3.05, 3.63) is 53.9 Å². The molecule has 170 valence electrons. The Morgan fingerprint density at radius 2 is 2.00 bits per heavy atom. The average Bonchev–Trinajstić information content (AvgIpc) is 2.83. The number of hydroxylamine groups is 1. The fourth-order valence-corrected chi connectivity index (χ4v) is 3.17. The second-order valence-electron chi connectivity index (χ2n) is 7.14. The summed E-state index contributed by atoms with van der Waals surface area (Å²) in [6.45, 7) is 0.676. The van der Waals surface area contributed by atoms with Crippen molar-refractivity contribution in [2.45, 2.75) is 19.3 Å². The van der Waals surface area contributed by atoms with Crippen LogP contribution in [0.25, 0.3) is 10.9 Å². The molecule has 33 heavy (non-hydrogen) atoms. The highest BCUT2D eigenvalue weighted by Gasteiger charge is 2.15. The number of aromatic nitrogens is 2. The quantitative estimate of drug-likeness (QED) is 0.177. The predicted octanol–water partition coefficient (Wildman–Crippen LogP) is 2.78. The number of terminal acetylenes is 1. The fourth-order valence-electron chi connectivity index (χ4n) is 3.17. The van der Waals surface area contributed by atoms with Gasteiger partial charge in [0.1, 0.15) is 30.3 Å². The number of benzene rings is 2. The molecular formula is C24H24N4O5. The number of carbonyl (C=O) groups is 2. The topological polar surface area (TPSA) is 123 Å². The van der Waals surface area contributed by atoms with Crippen molar-refractivity contribution in [1.29, 1.82) is 0 Å². The summed E-state index contributed by atoms with van der Waals surface area (Å²) in [7, 11) is 1.57. The second-order valence-corrected chi connectivity index (χ2v) is 7.14. The maximum Gasteiger partial charge on any atom is 0.243 e. The normalized spacial score (nSPS) is 10.5. The molecule has 3 aromatic rings. The van der Waals surface area contributed by atoms with Crippen LogP contribution >= 0.6 is 0 Å². The van der Waals surface area contributed by atoms with Crippen LogP contribution in [-0.4, -0.2) is 47.2 Å². The van der Waals surface area contributed by atoms with Gasteiger partial charge in [0.15, 0.2) is 0 Å². The molecule has 9 heteroatoms. The molecule has 3 N–H and O–H groups in total. The number of anilines is 2. The van der Waals surface area contributed by atoms with Gasteiger partial charge in [0.25, 0.3) is 0 Å². The Kier molecular flexibility index (Phi) is 8.30. The largest absolute Gasteiger partial charge is 0.491 e. The first-order chi connectivity index (χ1) is 16.0. The van der Waals surface area contributed by atoms with Gasteiger partial charge in [0.05, 0.1) is 12.1 Å². The molecule has 9 nitrogen and oxygen atoms in total. The summed E-state index contributed by atoms with van der Waals surface area (Å²) in [5.74, 6) is 2.85. The minimum absolute atomic E-state index is 0.0166. The molecule has 1 heterocycles. The van der Waals surface area contributed by atoms with Crippen LogP contribution in [0.15, 0.2) is 42.7 Å². The smallest absolute Gasteiger partial charge is 0.243 e. The van der Waals surface area contributed by atoms with Crippen molar-refractivity contribution in [2.75, 3.05) is 25.6 Å². The summed E-state index contributed by atoms with van der Waals surface area (Å²) < 4.78 is 10.9. The van der Waals surface area contributed by atoms with Crippen molar-refractivity contribution in [1.82, 2.24) is 15.4 Å². The molecule has 0 saturated heterocycles. The van der Waals surface area contributed by atoms with Gasteiger partial charge in [-0.3, -0.25) is 14.8 Å². The lowest BCUT2D eigenvalue weighted by Crippen LogP contribution is -2.19. The average molecular weight is 448 g/mol. The molecular weight excluding hydrogens is 424 g/mol. The molecule has 0 fully saturated rings. The summed E-state index contributed by atoms with van der Waals surface area (Å²) in [4.78, 5) is 32.4. The van der Waals surface area contributed by atoms with Gasteiger partial charge in [-0.2, -0.15) is 0 Å². The number of methoxy groups -OCH3 is 1. The highest BCUT2D eigenvalue weighted by molar-refractivity contribution is 5.94. The van der Waals surface area contributed by atoms with E-state index in [1.54, 1.807) is 19.2 Å². The highest BCUT2D eigenvalue weighted by Crippen LogP contribution is 2.30. The molecule has 0 aliphatic heterocycles. The monoisotopic (exact) mass is 448 g/mol. The number of nitrogens with zero attached hydrogens (tertiary/aromatic N) is 2. The first-order valence-electron chi connectivity index (χ1n) is 10.2. The summed E-state index contributed by atoms with van der Waals surface area (Å²) in [6.07, 6.45) is 6.84. The molecule has 1 aromatic heterocycles. The van der Waals surface area contributed by atoms with E-state index in [1.807, 2.05) is 24.3 Å². The zero-order valence-corrected chi connectivity index (χ0v) is 18.1. The number of carbonyl (C=O) groups excluding carboxylic acids is 2. The van der Waals surface area contributed by atoms with Crippen molar-refractivity contribution >= 4 is 34.1 Å². The molecule has 1 amide bonds. The molecule has 0 bridgehead atoms. The molecule has 0 radical (unpaired) electrons. The molecule has 0 aliphatic rings. The molecule has 0 spiro atoms. The zero-order valence-electron chi connectivity index (χ0n) is 18.1. The van der Waals surface area contributed by atoms with Crippen molar-refractivity contribution in [3.8, 4) is 18.1 Å². The minimum atomic E-state index is -0.618. The number of rotatable bonds is 11. The van der Waals surface area contributed by atoms with Gasteiger partial charge in [-0.05, 0) is 24.3 Å². The van der Waals surface area contributed by atoms with Gasteiger partial charge in [-0.1, -0.05) is 12.0 Å².